The Bertz CT molecular complexity index is 1280. The van der Waals surface area contributed by atoms with E-state index in [1.165, 1.54) is 63.8 Å². The molecule has 6 rings (SSSR count). The van der Waals surface area contributed by atoms with Crippen molar-refractivity contribution in [2.24, 2.45) is 0 Å². The van der Waals surface area contributed by atoms with Crippen molar-refractivity contribution in [1.29, 1.82) is 0 Å². The van der Waals surface area contributed by atoms with Gasteiger partial charge >= 0.3 is 0 Å². The molecule has 2 amide bonds. The molecule has 1 atom stereocenters. The lowest BCUT2D eigenvalue weighted by atomic mass is 9.84. The number of aryl methyl sites for hydroxylation is 1. The second kappa shape index (κ2) is 10.6. The number of fused-ring (bicyclic) bond motifs is 2. The Morgan fingerprint density at radius 2 is 1.70 bits per heavy atom. The largest absolute Gasteiger partial charge is 0.327 e. The smallest absolute Gasteiger partial charge is 0.247 e. The van der Waals surface area contributed by atoms with Crippen molar-refractivity contribution in [1.82, 2.24) is 14.7 Å². The zero-order valence-electron chi connectivity index (χ0n) is 21.8. The van der Waals surface area contributed by atoms with Gasteiger partial charge < -0.3 is 9.80 Å². The summed E-state index contributed by atoms with van der Waals surface area (Å²) >= 11 is 1.81. The van der Waals surface area contributed by atoms with Crippen LogP contribution in [0.1, 0.15) is 66.5 Å². The second-order valence-electron chi connectivity index (χ2n) is 11.0. The molecule has 2 aromatic carbocycles. The summed E-state index contributed by atoms with van der Waals surface area (Å²) in [6, 6.07) is 17.2. The fraction of sp³-hybridized carbons (Fsp3) is 0.484. The van der Waals surface area contributed by atoms with Gasteiger partial charge in [-0.1, -0.05) is 68.7 Å². The van der Waals surface area contributed by atoms with Crippen LogP contribution in [0.3, 0.4) is 0 Å². The molecule has 37 heavy (non-hydrogen) atoms. The molecular weight excluding hydrogens is 478 g/mol. The van der Waals surface area contributed by atoms with Crippen molar-refractivity contribution in [2.45, 2.75) is 70.5 Å². The number of hydrogen-bond donors (Lipinski definition) is 0. The fourth-order valence-electron chi connectivity index (χ4n) is 6.56. The van der Waals surface area contributed by atoms with Crippen LogP contribution in [0.5, 0.6) is 0 Å². The summed E-state index contributed by atoms with van der Waals surface area (Å²) in [6.07, 6.45) is 7.65. The van der Waals surface area contributed by atoms with E-state index in [-0.39, 0.29) is 24.4 Å². The van der Waals surface area contributed by atoms with Gasteiger partial charge in [-0.3, -0.25) is 14.5 Å². The highest BCUT2D eigenvalue weighted by atomic mass is 32.1. The first kappa shape index (κ1) is 24.6. The second-order valence-corrected chi connectivity index (χ2v) is 12.1. The topological polar surface area (TPSA) is 43.9 Å². The summed E-state index contributed by atoms with van der Waals surface area (Å²) in [6.45, 7) is 5.75. The first-order valence-corrected chi connectivity index (χ1v) is 14.8. The third-order valence-corrected chi connectivity index (χ3v) is 9.98. The number of rotatable bonds is 6. The predicted octanol–water partition coefficient (Wildman–Crippen LogP) is 5.57. The molecule has 1 aromatic heterocycles. The summed E-state index contributed by atoms with van der Waals surface area (Å²) in [5.74, 6) is 0.893. The molecule has 1 saturated carbocycles. The Morgan fingerprint density at radius 3 is 2.49 bits per heavy atom. The summed E-state index contributed by atoms with van der Waals surface area (Å²) < 4.78 is 1.25. The van der Waals surface area contributed by atoms with Gasteiger partial charge in [0.1, 0.15) is 12.6 Å². The summed E-state index contributed by atoms with van der Waals surface area (Å²) in [4.78, 5) is 34.1. The van der Waals surface area contributed by atoms with Gasteiger partial charge in [0.15, 0.2) is 0 Å². The van der Waals surface area contributed by atoms with Gasteiger partial charge in [-0.2, -0.15) is 0 Å². The molecular formula is C31H37N3O2S. The molecule has 6 heteroatoms. The molecule has 0 bridgehead atoms. The quantitative estimate of drug-likeness (QED) is 0.431. The molecule has 2 saturated heterocycles. The first-order chi connectivity index (χ1) is 18.1. The Labute approximate surface area is 224 Å². The van der Waals surface area contributed by atoms with E-state index in [4.69, 9.17) is 0 Å². The number of amides is 2. The van der Waals surface area contributed by atoms with Crippen molar-refractivity contribution in [3.8, 4) is 0 Å². The molecule has 3 fully saturated rings. The number of thiophene rings is 1. The maximum absolute atomic E-state index is 13.7. The molecule has 3 aliphatic rings. The van der Waals surface area contributed by atoms with Crippen LogP contribution in [0.4, 0.5) is 0 Å². The van der Waals surface area contributed by atoms with Gasteiger partial charge in [0.05, 0.1) is 0 Å². The highest BCUT2D eigenvalue weighted by Crippen LogP contribution is 2.34. The standard InChI is InChI=1S/C31H37N3O2S/c1-2-28-26(25-10-6-7-11-29(25)37-28)19-33-21-30(35)34-17-16-32(20-27(34)31(33)36)18-22-12-14-24(15-13-22)23-8-4-3-5-9-23/h6-7,10-15,23,27H,2-5,8-9,16-21H2,1H3. The van der Waals surface area contributed by atoms with Crippen molar-refractivity contribution in [2.75, 3.05) is 26.2 Å². The zero-order valence-corrected chi connectivity index (χ0v) is 22.6. The number of nitrogens with zero attached hydrogens (tertiary/aromatic N) is 3. The summed E-state index contributed by atoms with van der Waals surface area (Å²) in [5.41, 5.74) is 3.98. The van der Waals surface area contributed by atoms with Crippen LogP contribution in [0.15, 0.2) is 48.5 Å². The van der Waals surface area contributed by atoms with E-state index in [1.807, 2.05) is 16.2 Å². The van der Waals surface area contributed by atoms with Crippen LogP contribution in [0.2, 0.25) is 0 Å². The maximum atomic E-state index is 13.7. The van der Waals surface area contributed by atoms with Gasteiger partial charge in [0, 0.05) is 42.3 Å². The van der Waals surface area contributed by atoms with E-state index in [9.17, 15) is 9.59 Å². The van der Waals surface area contributed by atoms with Crippen LogP contribution in [0, 0.1) is 0 Å². The van der Waals surface area contributed by atoms with Crippen molar-refractivity contribution >= 4 is 33.2 Å². The Hall–Kier alpha value is -2.70. The van der Waals surface area contributed by atoms with Crippen molar-refractivity contribution < 1.29 is 9.59 Å². The number of carbonyl (C=O) groups excluding carboxylic acids is 2. The van der Waals surface area contributed by atoms with Crippen molar-refractivity contribution in [3.63, 3.8) is 0 Å². The number of benzene rings is 2. The predicted molar refractivity (Wildman–Crippen MR) is 150 cm³/mol. The Morgan fingerprint density at radius 1 is 0.919 bits per heavy atom. The first-order valence-electron chi connectivity index (χ1n) is 14.0. The van der Waals surface area contributed by atoms with Crippen molar-refractivity contribution in [3.05, 3.63) is 70.1 Å². The Balaban J connectivity index is 1.14. The molecule has 194 valence electrons. The lowest BCUT2D eigenvalue weighted by Crippen LogP contribution is -2.66. The maximum Gasteiger partial charge on any atom is 0.247 e. The van der Waals surface area contributed by atoms with Crippen LogP contribution in [-0.4, -0.2) is 58.7 Å². The van der Waals surface area contributed by atoms with E-state index in [2.05, 4.69) is 60.4 Å². The molecule has 1 unspecified atom stereocenters. The third-order valence-electron chi connectivity index (χ3n) is 8.62. The van der Waals surface area contributed by atoms with E-state index in [0.29, 0.717) is 19.6 Å². The molecule has 3 heterocycles. The van der Waals surface area contributed by atoms with Crippen LogP contribution >= 0.6 is 11.3 Å². The normalized spacial score (nSPS) is 21.6. The molecule has 5 nitrogen and oxygen atoms in total. The van der Waals surface area contributed by atoms with Gasteiger partial charge in [0.25, 0.3) is 0 Å². The van der Waals surface area contributed by atoms with Crippen LogP contribution < -0.4 is 0 Å². The van der Waals surface area contributed by atoms with E-state index < -0.39 is 0 Å². The molecule has 2 aliphatic heterocycles. The van der Waals surface area contributed by atoms with E-state index >= 15 is 0 Å². The summed E-state index contributed by atoms with van der Waals surface area (Å²) in [7, 11) is 0. The SMILES string of the molecule is CCc1sc2ccccc2c1CN1CC(=O)N2CCN(Cc3ccc(C4CCCCC4)cc3)CC2C1=O. The number of carbonyl (C=O) groups is 2. The minimum atomic E-state index is -0.383. The number of hydrogen-bond acceptors (Lipinski definition) is 4. The van der Waals surface area contributed by atoms with Gasteiger partial charge in [-0.25, -0.2) is 0 Å². The van der Waals surface area contributed by atoms with Gasteiger partial charge in [-0.05, 0) is 53.3 Å². The average Bonchev–Trinajstić information content (AvgIpc) is 3.30. The monoisotopic (exact) mass is 515 g/mol. The van der Waals surface area contributed by atoms with Gasteiger partial charge in [0.2, 0.25) is 11.8 Å². The van der Waals surface area contributed by atoms with E-state index in [0.717, 1.165) is 25.4 Å². The molecule has 0 radical (unpaired) electrons. The highest BCUT2D eigenvalue weighted by molar-refractivity contribution is 7.19. The molecule has 1 aliphatic carbocycles. The zero-order chi connectivity index (χ0) is 25.4. The Kier molecular flexibility index (Phi) is 7.04. The minimum Gasteiger partial charge on any atom is -0.327 e. The number of piperazine rings is 2. The summed E-state index contributed by atoms with van der Waals surface area (Å²) in [5, 5.41) is 1.22. The average molecular weight is 516 g/mol. The van der Waals surface area contributed by atoms with Crippen LogP contribution in [0.25, 0.3) is 10.1 Å². The van der Waals surface area contributed by atoms with E-state index in [1.54, 1.807) is 4.90 Å². The van der Waals surface area contributed by atoms with Gasteiger partial charge in [-0.15, -0.1) is 11.3 Å². The highest BCUT2D eigenvalue weighted by Gasteiger charge is 2.42. The van der Waals surface area contributed by atoms with Crippen LogP contribution in [-0.2, 0) is 29.1 Å². The third kappa shape index (κ3) is 4.94. The molecule has 0 N–H and O–H groups in total. The fourth-order valence-corrected chi connectivity index (χ4v) is 7.71. The lowest BCUT2D eigenvalue weighted by Gasteiger charge is -2.46. The minimum absolute atomic E-state index is 0.0821. The molecule has 3 aromatic rings. The molecule has 0 spiro atoms. The lowest BCUT2D eigenvalue weighted by molar-refractivity contribution is -0.160.